The molecule has 7 heteroatoms. The van der Waals surface area contributed by atoms with Crippen molar-refractivity contribution in [2.45, 2.75) is 38.8 Å². The molecule has 0 fully saturated rings. The fourth-order valence-corrected chi connectivity index (χ4v) is 4.03. The van der Waals surface area contributed by atoms with Crippen LogP contribution in [-0.4, -0.2) is 21.5 Å². The molecule has 0 saturated carbocycles. The minimum absolute atomic E-state index is 0.275. The summed E-state index contributed by atoms with van der Waals surface area (Å²) < 4.78 is 13.1. The Balaban J connectivity index is 1.46. The summed E-state index contributed by atoms with van der Waals surface area (Å²) in [4.78, 5) is 9.70. The molecule has 29 heavy (non-hydrogen) atoms. The number of benzene rings is 2. The van der Waals surface area contributed by atoms with E-state index in [1.165, 1.54) is 6.42 Å². The molecule has 0 spiro atoms. The van der Waals surface area contributed by atoms with Gasteiger partial charge in [0.25, 0.3) is 0 Å². The molecular weight excluding hydrogens is 384 g/mol. The molecule has 0 amide bonds. The van der Waals surface area contributed by atoms with Crippen molar-refractivity contribution in [2.75, 3.05) is 6.79 Å². The van der Waals surface area contributed by atoms with Gasteiger partial charge in [0.05, 0.1) is 5.52 Å². The Kier molecular flexibility index (Phi) is 4.89. The van der Waals surface area contributed by atoms with Gasteiger partial charge in [-0.3, -0.25) is 0 Å². The molecule has 0 bridgehead atoms. The van der Waals surface area contributed by atoms with Gasteiger partial charge in [0.15, 0.2) is 16.6 Å². The van der Waals surface area contributed by atoms with Crippen LogP contribution in [0.5, 0.6) is 11.5 Å². The number of hydrogen-bond donors (Lipinski definition) is 1. The normalized spacial score (nSPS) is 15.8. The number of fused-ring (bicyclic) bond motifs is 3. The number of rotatable bonds is 2. The van der Waals surface area contributed by atoms with E-state index in [1.807, 2.05) is 36.4 Å². The number of nitrogens with one attached hydrogen (secondary N) is 1. The summed E-state index contributed by atoms with van der Waals surface area (Å²) in [5.41, 5.74) is 2.94. The molecule has 0 unspecified atom stereocenters. The minimum Gasteiger partial charge on any atom is -0.454 e. The average molecular weight is 407 g/mol. The predicted molar refractivity (Wildman–Crippen MR) is 115 cm³/mol. The minimum atomic E-state index is 0.275. The smallest absolute Gasteiger partial charge is 0.231 e. The van der Waals surface area contributed by atoms with Crippen LogP contribution in [-0.2, 0) is 19.5 Å². The maximum absolute atomic E-state index is 5.57. The molecule has 3 heterocycles. The first-order valence-corrected chi connectivity index (χ1v) is 10.4. The molecule has 0 radical (unpaired) electrons. The van der Waals surface area contributed by atoms with Crippen molar-refractivity contribution >= 4 is 28.2 Å². The predicted octanol–water partition coefficient (Wildman–Crippen LogP) is 3.47. The molecule has 0 atom stereocenters. The largest absolute Gasteiger partial charge is 0.454 e. The molecular formula is C22H22N4O2S. The zero-order chi connectivity index (χ0) is 19.6. The first-order valence-electron chi connectivity index (χ1n) is 9.97. The van der Waals surface area contributed by atoms with E-state index in [0.29, 0.717) is 11.7 Å². The van der Waals surface area contributed by atoms with Crippen molar-refractivity contribution in [1.82, 2.24) is 14.9 Å². The van der Waals surface area contributed by atoms with Crippen LogP contribution >= 0.6 is 12.2 Å². The van der Waals surface area contributed by atoms with E-state index in [-0.39, 0.29) is 6.79 Å². The summed E-state index contributed by atoms with van der Waals surface area (Å²) in [5.74, 6) is 2.65. The zero-order valence-electron chi connectivity index (χ0n) is 16.1. The van der Waals surface area contributed by atoms with Gasteiger partial charge in [-0.1, -0.05) is 24.6 Å². The summed E-state index contributed by atoms with van der Waals surface area (Å²) in [7, 11) is 0. The van der Waals surface area contributed by atoms with E-state index in [1.54, 1.807) is 0 Å². The van der Waals surface area contributed by atoms with Crippen molar-refractivity contribution in [2.24, 2.45) is 4.99 Å². The number of hydrogen-bond acceptors (Lipinski definition) is 4. The highest BCUT2D eigenvalue weighted by atomic mass is 32.1. The lowest BCUT2D eigenvalue weighted by atomic mass is 10.2. The van der Waals surface area contributed by atoms with Gasteiger partial charge < -0.3 is 19.4 Å². The fraction of sp³-hybridized carbons (Fsp3) is 0.318. The average Bonchev–Trinajstić information content (AvgIpc) is 3.08. The molecule has 1 N–H and O–H groups in total. The number of thiocarbonyl (C=S) groups is 1. The molecule has 3 aromatic rings. The lowest BCUT2D eigenvalue weighted by molar-refractivity contribution is 0.174. The van der Waals surface area contributed by atoms with E-state index in [0.717, 1.165) is 65.1 Å². The zero-order valence-corrected chi connectivity index (χ0v) is 16.9. The summed E-state index contributed by atoms with van der Waals surface area (Å²) in [5, 5.41) is 4.76. The van der Waals surface area contributed by atoms with E-state index in [4.69, 9.17) is 31.7 Å². The van der Waals surface area contributed by atoms with Gasteiger partial charge in [-0.05, 0) is 54.9 Å². The van der Waals surface area contributed by atoms with Crippen LogP contribution in [0, 0.1) is 0 Å². The lowest BCUT2D eigenvalue weighted by Crippen LogP contribution is -2.30. The monoisotopic (exact) mass is 406 g/mol. The van der Waals surface area contributed by atoms with Gasteiger partial charge in [-0.15, -0.1) is 0 Å². The molecule has 5 rings (SSSR count). The van der Waals surface area contributed by atoms with Crippen LogP contribution < -0.4 is 20.3 Å². The first-order chi connectivity index (χ1) is 14.3. The quantitative estimate of drug-likeness (QED) is 0.661. The van der Waals surface area contributed by atoms with Crippen molar-refractivity contribution in [3.8, 4) is 11.5 Å². The number of aryl methyl sites for hydroxylation is 1. The van der Waals surface area contributed by atoms with Crippen molar-refractivity contribution in [3.63, 3.8) is 0 Å². The number of aromatic nitrogens is 2. The number of ether oxygens (including phenoxy) is 2. The summed E-state index contributed by atoms with van der Waals surface area (Å²) >= 11 is 5.57. The molecule has 1 aromatic heterocycles. The Hall–Kier alpha value is -2.93. The molecule has 148 valence electrons. The Bertz CT molecular complexity index is 1160. The Morgan fingerprint density at radius 3 is 2.97 bits per heavy atom. The van der Waals surface area contributed by atoms with Gasteiger partial charge in [0.1, 0.15) is 11.3 Å². The van der Waals surface area contributed by atoms with Gasteiger partial charge in [0, 0.05) is 24.9 Å². The highest BCUT2D eigenvalue weighted by Crippen LogP contribution is 2.32. The van der Waals surface area contributed by atoms with E-state index >= 15 is 0 Å². The van der Waals surface area contributed by atoms with Crippen molar-refractivity contribution in [1.29, 1.82) is 0 Å². The van der Waals surface area contributed by atoms with Crippen molar-refractivity contribution in [3.05, 3.63) is 59.3 Å². The van der Waals surface area contributed by atoms with Crippen LogP contribution in [0.25, 0.3) is 10.9 Å². The summed E-state index contributed by atoms with van der Waals surface area (Å²) in [6.45, 7) is 1.78. The molecule has 6 nitrogen and oxygen atoms in total. The second kappa shape index (κ2) is 7.83. The molecule has 0 saturated heterocycles. The van der Waals surface area contributed by atoms with E-state index in [2.05, 4.69) is 16.0 Å². The Morgan fingerprint density at radius 2 is 2.00 bits per heavy atom. The topological polar surface area (TPSA) is 60.7 Å². The third-order valence-electron chi connectivity index (χ3n) is 5.33. The Morgan fingerprint density at radius 1 is 1.10 bits per heavy atom. The van der Waals surface area contributed by atoms with Crippen LogP contribution in [0.1, 0.15) is 30.7 Å². The second-order valence-corrected chi connectivity index (χ2v) is 7.68. The highest BCUT2D eigenvalue weighted by Gasteiger charge is 2.14. The lowest BCUT2D eigenvalue weighted by Gasteiger charge is -2.13. The maximum Gasteiger partial charge on any atom is 0.231 e. The van der Waals surface area contributed by atoms with Crippen molar-refractivity contribution < 1.29 is 9.47 Å². The standard InChI is InChI=1S/C22H22N4O2S/c29-22(23-13-15-9-10-18-19(12-15)28-14-27-18)25-21-16-6-3-4-7-17(16)24-20-8-2-1-5-11-26(20)21/h3-4,6-7,9-10,12H,1-2,5,8,11,13-14H2,(H,23,29). The Labute approximate surface area is 174 Å². The van der Waals surface area contributed by atoms with Crippen LogP contribution in [0.4, 0.5) is 0 Å². The van der Waals surface area contributed by atoms with Gasteiger partial charge >= 0.3 is 0 Å². The maximum atomic E-state index is 5.57. The highest BCUT2D eigenvalue weighted by molar-refractivity contribution is 7.80. The molecule has 0 aliphatic carbocycles. The van der Waals surface area contributed by atoms with Crippen LogP contribution in [0.15, 0.2) is 47.5 Å². The van der Waals surface area contributed by atoms with E-state index in [9.17, 15) is 0 Å². The molecule has 2 aliphatic rings. The SMILES string of the molecule is S=C(N=c1c2ccccc2nc2n1CCCCC2)NCc1ccc2c(c1)OCO2. The summed E-state index contributed by atoms with van der Waals surface area (Å²) in [6.07, 6.45) is 4.49. The summed E-state index contributed by atoms with van der Waals surface area (Å²) in [6, 6.07) is 14.1. The van der Waals surface area contributed by atoms with Gasteiger partial charge in [-0.25, -0.2) is 9.98 Å². The molecule has 2 aliphatic heterocycles. The fourth-order valence-electron chi connectivity index (χ4n) is 3.87. The molecule has 2 aromatic carbocycles. The second-order valence-electron chi connectivity index (χ2n) is 7.29. The first kappa shape index (κ1) is 18.1. The third kappa shape index (κ3) is 3.70. The number of nitrogens with zero attached hydrogens (tertiary/aromatic N) is 3. The van der Waals surface area contributed by atoms with Crippen LogP contribution in [0.2, 0.25) is 0 Å². The van der Waals surface area contributed by atoms with Crippen LogP contribution in [0.3, 0.4) is 0 Å². The third-order valence-corrected chi connectivity index (χ3v) is 5.57. The van der Waals surface area contributed by atoms with Gasteiger partial charge in [-0.2, -0.15) is 0 Å². The van der Waals surface area contributed by atoms with Gasteiger partial charge in [0.2, 0.25) is 6.79 Å². The number of para-hydroxylation sites is 1. The van der Waals surface area contributed by atoms with E-state index < -0.39 is 0 Å².